The van der Waals surface area contributed by atoms with Gasteiger partial charge in [-0.25, -0.2) is 0 Å². The number of benzene rings is 5. The smallest absolute Gasteiger partial charge is 0.238 e. The van der Waals surface area contributed by atoms with Crippen molar-refractivity contribution in [2.45, 2.75) is 30.8 Å². The van der Waals surface area contributed by atoms with Crippen LogP contribution in [0.3, 0.4) is 0 Å². The zero-order valence-corrected chi connectivity index (χ0v) is 30.4. The SMILES string of the molecule is O=C1C(c2ccccc2)=CC(=O)[C@@]2(c3ccccc3)[C@@H](c3ccc(OCc4ccccc4)cc3O)C3=CC[C@@H]4C(=O)N(c5ccc(Cl)cc5)C(=O)[C@@H]4[C@@H]3C[C@@H]12. The molecule has 2 amide bonds. The highest BCUT2D eigenvalue weighted by Gasteiger charge is 2.66. The Hall–Kier alpha value is -6.05. The second kappa shape index (κ2) is 13.7. The summed E-state index contributed by atoms with van der Waals surface area (Å²) in [5.74, 6) is -4.54. The zero-order valence-electron chi connectivity index (χ0n) is 29.7. The fourth-order valence-corrected chi connectivity index (χ4v) is 9.79. The molecule has 0 bridgehead atoms. The number of carbonyl (C=O) groups is 4. The number of anilines is 1. The summed E-state index contributed by atoms with van der Waals surface area (Å²) in [5, 5.41) is 12.5. The summed E-state index contributed by atoms with van der Waals surface area (Å²) in [6.07, 6.45) is 3.89. The van der Waals surface area contributed by atoms with Crippen LogP contribution in [0, 0.1) is 23.7 Å². The highest BCUT2D eigenvalue weighted by molar-refractivity contribution is 6.32. The minimum atomic E-state index is -1.46. The number of imide groups is 1. The Morgan fingerprint density at radius 2 is 1.44 bits per heavy atom. The Morgan fingerprint density at radius 3 is 2.13 bits per heavy atom. The molecule has 1 saturated heterocycles. The molecule has 272 valence electrons. The molecule has 55 heavy (non-hydrogen) atoms. The van der Waals surface area contributed by atoms with Gasteiger partial charge < -0.3 is 9.84 Å². The summed E-state index contributed by atoms with van der Waals surface area (Å²) in [7, 11) is 0. The van der Waals surface area contributed by atoms with Crippen LogP contribution in [-0.4, -0.2) is 28.5 Å². The molecule has 6 atom stereocenters. The lowest BCUT2D eigenvalue weighted by Crippen LogP contribution is -2.58. The number of Topliss-reactive ketones (excluding diaryl/α,β-unsaturated/α-hetero) is 1. The number of hydrogen-bond donors (Lipinski definition) is 1. The molecule has 3 aliphatic carbocycles. The molecule has 1 heterocycles. The summed E-state index contributed by atoms with van der Waals surface area (Å²) < 4.78 is 6.08. The average molecular weight is 746 g/mol. The number of ketones is 2. The first-order valence-corrected chi connectivity index (χ1v) is 18.9. The number of phenolic OH excluding ortho intramolecular Hbond substituents is 1. The van der Waals surface area contributed by atoms with E-state index in [0.717, 1.165) is 11.1 Å². The highest BCUT2D eigenvalue weighted by Crippen LogP contribution is 2.64. The van der Waals surface area contributed by atoms with Crippen molar-refractivity contribution in [3.8, 4) is 11.5 Å². The number of nitrogens with zero attached hydrogens (tertiary/aromatic N) is 1. The predicted octanol–water partition coefficient (Wildman–Crippen LogP) is 8.65. The standard InChI is InChI=1S/C47H36ClNO6/c48-31-16-18-32(19-17-31)49-45(53)36-23-22-34-38(42(36)46(49)54)25-39-44(52)37(29-12-6-2-7-13-29)26-41(51)47(39,30-14-8-3-9-15-30)43(34)35-21-20-33(24-40(35)50)55-27-28-10-4-1-5-11-28/h1-22,24,26,36,38-39,42-43,50H,23,25,27H2/t36-,38+,39-,42-,43+,47-/m0/s1. The Balaban J connectivity index is 1.22. The third kappa shape index (κ3) is 5.56. The summed E-state index contributed by atoms with van der Waals surface area (Å²) in [5.41, 5.74) is 2.74. The molecule has 1 N–H and O–H groups in total. The van der Waals surface area contributed by atoms with Gasteiger partial charge in [0, 0.05) is 34.1 Å². The van der Waals surface area contributed by atoms with Crippen LogP contribution in [0.15, 0.2) is 151 Å². The van der Waals surface area contributed by atoms with Crippen molar-refractivity contribution in [3.05, 3.63) is 178 Å². The molecule has 7 nitrogen and oxygen atoms in total. The Bertz CT molecular complexity index is 2410. The third-order valence-electron chi connectivity index (χ3n) is 12.0. The van der Waals surface area contributed by atoms with E-state index < -0.39 is 35.0 Å². The highest BCUT2D eigenvalue weighted by atomic mass is 35.5. The van der Waals surface area contributed by atoms with E-state index in [1.54, 1.807) is 42.5 Å². The van der Waals surface area contributed by atoms with Crippen LogP contribution in [0.1, 0.15) is 41.0 Å². The summed E-state index contributed by atoms with van der Waals surface area (Å²) in [4.78, 5) is 60.4. The summed E-state index contributed by atoms with van der Waals surface area (Å²) in [6, 6.07) is 39.9. The van der Waals surface area contributed by atoms with E-state index in [1.807, 2.05) is 97.1 Å². The van der Waals surface area contributed by atoms with E-state index >= 15 is 9.59 Å². The fraction of sp³-hybridized carbons (Fsp3) is 0.191. The van der Waals surface area contributed by atoms with Gasteiger partial charge in [0.05, 0.1) is 22.9 Å². The summed E-state index contributed by atoms with van der Waals surface area (Å²) >= 11 is 6.17. The fourth-order valence-electron chi connectivity index (χ4n) is 9.66. The number of hydrogen-bond acceptors (Lipinski definition) is 6. The maximum absolute atomic E-state index is 15.3. The molecule has 0 radical (unpaired) electrons. The molecule has 5 aromatic rings. The van der Waals surface area contributed by atoms with E-state index in [-0.39, 0.29) is 48.6 Å². The number of rotatable bonds is 7. The Morgan fingerprint density at radius 1 is 0.764 bits per heavy atom. The van der Waals surface area contributed by atoms with Gasteiger partial charge in [0.25, 0.3) is 0 Å². The van der Waals surface area contributed by atoms with E-state index in [4.69, 9.17) is 16.3 Å². The molecular weight excluding hydrogens is 710 g/mol. The second-order valence-corrected chi connectivity index (χ2v) is 15.2. The molecule has 0 spiro atoms. The van der Waals surface area contributed by atoms with Gasteiger partial charge in [-0.3, -0.25) is 24.1 Å². The van der Waals surface area contributed by atoms with Gasteiger partial charge >= 0.3 is 0 Å². The van der Waals surface area contributed by atoms with Crippen LogP contribution in [0.2, 0.25) is 5.02 Å². The monoisotopic (exact) mass is 745 g/mol. The van der Waals surface area contributed by atoms with Crippen molar-refractivity contribution in [2.24, 2.45) is 23.7 Å². The maximum atomic E-state index is 15.3. The van der Waals surface area contributed by atoms with Crippen LogP contribution in [0.25, 0.3) is 5.57 Å². The number of phenols is 1. The quantitative estimate of drug-likeness (QED) is 0.132. The number of allylic oxidation sites excluding steroid dienone is 4. The lowest BCUT2D eigenvalue weighted by Gasteiger charge is -2.55. The van der Waals surface area contributed by atoms with Crippen LogP contribution < -0.4 is 9.64 Å². The number of carbonyl (C=O) groups excluding carboxylic acids is 4. The van der Waals surface area contributed by atoms with Gasteiger partial charge in [0.2, 0.25) is 11.8 Å². The van der Waals surface area contributed by atoms with Gasteiger partial charge in [0.15, 0.2) is 11.6 Å². The van der Waals surface area contributed by atoms with Gasteiger partial charge in [-0.1, -0.05) is 120 Å². The molecule has 1 aliphatic heterocycles. The van der Waals surface area contributed by atoms with Crippen LogP contribution >= 0.6 is 11.6 Å². The van der Waals surface area contributed by atoms with E-state index in [2.05, 4.69) is 0 Å². The normalized spacial score (nSPS) is 25.8. The van der Waals surface area contributed by atoms with E-state index in [1.165, 1.54) is 11.0 Å². The van der Waals surface area contributed by atoms with E-state index in [0.29, 0.717) is 38.7 Å². The van der Waals surface area contributed by atoms with Crippen molar-refractivity contribution in [1.82, 2.24) is 0 Å². The second-order valence-electron chi connectivity index (χ2n) is 14.8. The maximum Gasteiger partial charge on any atom is 0.238 e. The van der Waals surface area contributed by atoms with Crippen LogP contribution in [0.4, 0.5) is 5.69 Å². The molecule has 4 aliphatic rings. The van der Waals surface area contributed by atoms with Crippen molar-refractivity contribution >= 4 is 46.2 Å². The average Bonchev–Trinajstić information content (AvgIpc) is 3.48. The number of halogens is 1. The lowest BCUT2D eigenvalue weighted by atomic mass is 9.44. The third-order valence-corrected chi connectivity index (χ3v) is 12.3. The molecule has 8 heteroatoms. The van der Waals surface area contributed by atoms with Crippen molar-refractivity contribution in [3.63, 3.8) is 0 Å². The first-order chi connectivity index (χ1) is 26.8. The lowest BCUT2D eigenvalue weighted by molar-refractivity contribution is -0.135. The number of ether oxygens (including phenoxy) is 1. The minimum absolute atomic E-state index is 0.0945. The molecule has 0 unspecified atom stereocenters. The summed E-state index contributed by atoms with van der Waals surface area (Å²) in [6.45, 7) is 0.287. The van der Waals surface area contributed by atoms with Crippen LogP contribution in [0.5, 0.6) is 11.5 Å². The first kappa shape index (κ1) is 34.7. The molecule has 1 saturated carbocycles. The molecule has 9 rings (SSSR count). The van der Waals surface area contributed by atoms with Crippen molar-refractivity contribution in [1.29, 1.82) is 0 Å². The largest absolute Gasteiger partial charge is 0.508 e. The van der Waals surface area contributed by atoms with Crippen LogP contribution in [-0.2, 0) is 31.2 Å². The zero-order chi connectivity index (χ0) is 37.8. The van der Waals surface area contributed by atoms with Gasteiger partial charge in [-0.15, -0.1) is 0 Å². The molecule has 0 aromatic heterocycles. The number of aromatic hydroxyl groups is 1. The Labute approximate surface area is 323 Å². The van der Waals surface area contributed by atoms with E-state index in [9.17, 15) is 14.7 Å². The van der Waals surface area contributed by atoms with Crippen molar-refractivity contribution in [2.75, 3.05) is 4.90 Å². The first-order valence-electron chi connectivity index (χ1n) is 18.5. The minimum Gasteiger partial charge on any atom is -0.508 e. The van der Waals surface area contributed by atoms with Gasteiger partial charge in [-0.2, -0.15) is 0 Å². The number of amides is 2. The van der Waals surface area contributed by atoms with Crippen molar-refractivity contribution < 1.29 is 29.0 Å². The Kier molecular flexibility index (Phi) is 8.62. The predicted molar refractivity (Wildman–Crippen MR) is 209 cm³/mol. The molecule has 2 fully saturated rings. The number of fused-ring (bicyclic) bond motifs is 4. The topological polar surface area (TPSA) is 101 Å². The van der Waals surface area contributed by atoms with Gasteiger partial charge in [0.1, 0.15) is 18.1 Å². The molecular formula is C47H36ClNO6. The molecule has 5 aromatic carbocycles. The van der Waals surface area contributed by atoms with Gasteiger partial charge in [-0.05, 0) is 71.9 Å².